The second-order valence-corrected chi connectivity index (χ2v) is 9.01. The van der Waals surface area contributed by atoms with Crippen LogP contribution in [0.1, 0.15) is 35.3 Å². The van der Waals surface area contributed by atoms with Crippen molar-refractivity contribution < 1.29 is 22.7 Å². The van der Waals surface area contributed by atoms with Crippen LogP contribution in [0.2, 0.25) is 0 Å². The highest BCUT2D eigenvalue weighted by atomic mass is 32.2. The summed E-state index contributed by atoms with van der Waals surface area (Å²) < 4.78 is 31.4. The van der Waals surface area contributed by atoms with Crippen molar-refractivity contribution in [3.05, 3.63) is 59.2 Å². The molecule has 2 aromatic rings. The zero-order chi connectivity index (χ0) is 21.8. The molecule has 0 unspecified atom stereocenters. The van der Waals surface area contributed by atoms with Crippen LogP contribution in [0.25, 0.3) is 0 Å². The Kier molecular flexibility index (Phi) is 7.16. The number of hydrogen-bond donors (Lipinski definition) is 1. The smallest absolute Gasteiger partial charge is 0.338 e. The first-order chi connectivity index (χ1) is 13.5. The fourth-order valence-electron chi connectivity index (χ4n) is 2.51. The molecule has 1 amide bonds. The first kappa shape index (κ1) is 22.6. The minimum absolute atomic E-state index is 0.0111. The number of amides is 1. The Morgan fingerprint density at radius 2 is 1.76 bits per heavy atom. The van der Waals surface area contributed by atoms with Gasteiger partial charge in [-0.25, -0.2) is 13.2 Å². The lowest BCUT2D eigenvalue weighted by molar-refractivity contribution is -0.119. The van der Waals surface area contributed by atoms with Crippen molar-refractivity contribution in [2.24, 2.45) is 0 Å². The Morgan fingerprint density at radius 3 is 2.41 bits per heavy atom. The number of carbonyl (C=O) groups excluding carboxylic acids is 2. The minimum atomic E-state index is -3.73. The van der Waals surface area contributed by atoms with Gasteiger partial charge >= 0.3 is 5.97 Å². The highest BCUT2D eigenvalue weighted by Crippen LogP contribution is 2.19. The van der Waals surface area contributed by atoms with E-state index in [0.29, 0.717) is 5.69 Å². The monoisotopic (exact) mass is 418 g/mol. The first-order valence-electron chi connectivity index (χ1n) is 9.15. The molecule has 0 fully saturated rings. The lowest BCUT2D eigenvalue weighted by atomic mass is 10.1. The Bertz CT molecular complexity index is 1020. The van der Waals surface area contributed by atoms with Gasteiger partial charge in [-0.15, -0.1) is 0 Å². The molecule has 156 valence electrons. The average molecular weight is 419 g/mol. The lowest BCUT2D eigenvalue weighted by Gasteiger charge is -2.21. The minimum Gasteiger partial charge on any atom is -0.452 e. The number of benzene rings is 2. The van der Waals surface area contributed by atoms with Gasteiger partial charge in [-0.3, -0.25) is 4.79 Å². The molecule has 1 N–H and O–H groups in total. The molecular weight excluding hydrogens is 392 g/mol. The molecule has 0 bridgehead atoms. The largest absolute Gasteiger partial charge is 0.452 e. The van der Waals surface area contributed by atoms with Crippen molar-refractivity contribution in [1.29, 1.82) is 0 Å². The van der Waals surface area contributed by atoms with Gasteiger partial charge in [-0.2, -0.15) is 4.31 Å². The van der Waals surface area contributed by atoms with Crippen molar-refractivity contribution in [3.8, 4) is 0 Å². The molecule has 0 aliphatic carbocycles. The fraction of sp³-hybridized carbons (Fsp3) is 0.333. The van der Waals surface area contributed by atoms with E-state index in [1.807, 2.05) is 26.0 Å². The lowest BCUT2D eigenvalue weighted by Crippen LogP contribution is -2.33. The summed E-state index contributed by atoms with van der Waals surface area (Å²) >= 11 is 0. The van der Waals surface area contributed by atoms with Crippen LogP contribution >= 0.6 is 0 Å². The third kappa shape index (κ3) is 5.42. The summed E-state index contributed by atoms with van der Waals surface area (Å²) in [6.07, 6.45) is 0. The van der Waals surface area contributed by atoms with E-state index in [4.69, 9.17) is 4.74 Å². The zero-order valence-corrected chi connectivity index (χ0v) is 18.0. The number of carbonyl (C=O) groups is 2. The number of sulfonamides is 1. The van der Waals surface area contributed by atoms with Gasteiger partial charge < -0.3 is 10.1 Å². The average Bonchev–Trinajstić information content (AvgIpc) is 2.69. The molecule has 2 rings (SSSR count). The van der Waals surface area contributed by atoms with Crippen molar-refractivity contribution in [3.63, 3.8) is 0 Å². The van der Waals surface area contributed by atoms with Crippen molar-refractivity contribution in [2.45, 2.75) is 38.6 Å². The Balaban J connectivity index is 2.06. The summed E-state index contributed by atoms with van der Waals surface area (Å²) in [5.41, 5.74) is 2.67. The predicted molar refractivity (Wildman–Crippen MR) is 111 cm³/mol. The number of esters is 1. The van der Waals surface area contributed by atoms with Crippen molar-refractivity contribution in [2.75, 3.05) is 19.0 Å². The van der Waals surface area contributed by atoms with E-state index in [1.54, 1.807) is 19.9 Å². The number of anilines is 1. The summed E-state index contributed by atoms with van der Waals surface area (Å²) in [5.74, 6) is -1.25. The zero-order valence-electron chi connectivity index (χ0n) is 17.2. The first-order valence-corrected chi connectivity index (χ1v) is 10.6. The molecule has 0 spiro atoms. The standard InChI is InChI=1S/C21H26N2O5S/c1-14(2)23(5)29(26,27)18-10-7-9-17(12-18)21(25)28-13-20(24)22-19-11-6-8-15(3)16(19)4/h6-12,14H,13H2,1-5H3,(H,22,24). The predicted octanol–water partition coefficient (Wildman–Crippen LogP) is 3.13. The van der Waals surface area contributed by atoms with Crippen LogP contribution in [0.15, 0.2) is 47.4 Å². The van der Waals surface area contributed by atoms with Crippen LogP contribution in [0.5, 0.6) is 0 Å². The van der Waals surface area contributed by atoms with Crippen LogP contribution in [0.4, 0.5) is 5.69 Å². The molecule has 0 saturated carbocycles. The van der Waals surface area contributed by atoms with Gasteiger partial charge in [0.2, 0.25) is 10.0 Å². The fourth-order valence-corrected chi connectivity index (χ4v) is 3.93. The van der Waals surface area contributed by atoms with Crippen LogP contribution in [0.3, 0.4) is 0 Å². The third-order valence-electron chi connectivity index (χ3n) is 4.69. The molecular formula is C21H26N2O5S. The Hall–Kier alpha value is -2.71. The summed E-state index contributed by atoms with van der Waals surface area (Å²) in [4.78, 5) is 24.4. The van der Waals surface area contributed by atoms with E-state index in [-0.39, 0.29) is 16.5 Å². The van der Waals surface area contributed by atoms with E-state index in [2.05, 4.69) is 5.32 Å². The Morgan fingerprint density at radius 1 is 1.10 bits per heavy atom. The number of nitrogens with zero attached hydrogens (tertiary/aromatic N) is 1. The van der Waals surface area contributed by atoms with Gasteiger partial charge in [0, 0.05) is 18.8 Å². The molecule has 0 radical (unpaired) electrons. The van der Waals surface area contributed by atoms with Gasteiger partial charge in [0.1, 0.15) is 0 Å². The molecule has 0 aromatic heterocycles. The van der Waals surface area contributed by atoms with Gasteiger partial charge in [0.15, 0.2) is 6.61 Å². The maximum absolute atomic E-state index is 12.6. The van der Waals surface area contributed by atoms with E-state index in [0.717, 1.165) is 11.1 Å². The van der Waals surface area contributed by atoms with Crippen LogP contribution in [-0.2, 0) is 19.6 Å². The maximum atomic E-state index is 12.6. The summed E-state index contributed by atoms with van der Waals surface area (Å²) in [5, 5.41) is 2.70. The van der Waals surface area contributed by atoms with E-state index in [9.17, 15) is 18.0 Å². The van der Waals surface area contributed by atoms with Gasteiger partial charge in [0.25, 0.3) is 5.91 Å². The van der Waals surface area contributed by atoms with Gasteiger partial charge in [0.05, 0.1) is 10.5 Å². The number of ether oxygens (including phenoxy) is 1. The molecule has 7 nitrogen and oxygen atoms in total. The molecule has 0 heterocycles. The molecule has 0 aliphatic heterocycles. The van der Waals surface area contributed by atoms with E-state index >= 15 is 0 Å². The van der Waals surface area contributed by atoms with Crippen molar-refractivity contribution in [1.82, 2.24) is 4.31 Å². The summed E-state index contributed by atoms with van der Waals surface area (Å²) in [7, 11) is -2.25. The summed E-state index contributed by atoms with van der Waals surface area (Å²) in [6.45, 7) is 6.85. The summed E-state index contributed by atoms with van der Waals surface area (Å²) in [6, 6.07) is 10.9. The van der Waals surface area contributed by atoms with Crippen molar-refractivity contribution >= 4 is 27.6 Å². The highest BCUT2D eigenvalue weighted by Gasteiger charge is 2.24. The molecule has 2 aromatic carbocycles. The topological polar surface area (TPSA) is 92.8 Å². The molecule has 0 saturated heterocycles. The number of hydrogen-bond acceptors (Lipinski definition) is 5. The maximum Gasteiger partial charge on any atom is 0.338 e. The number of nitrogens with one attached hydrogen (secondary N) is 1. The second-order valence-electron chi connectivity index (χ2n) is 7.01. The number of rotatable bonds is 7. The number of aryl methyl sites for hydroxylation is 1. The molecule has 8 heteroatoms. The van der Waals surface area contributed by atoms with Crippen LogP contribution < -0.4 is 5.32 Å². The van der Waals surface area contributed by atoms with E-state index in [1.165, 1.54) is 35.6 Å². The molecule has 29 heavy (non-hydrogen) atoms. The second kappa shape index (κ2) is 9.19. The Labute approximate surface area is 171 Å². The normalized spacial score (nSPS) is 11.6. The van der Waals surface area contributed by atoms with Gasteiger partial charge in [-0.1, -0.05) is 18.2 Å². The molecule has 0 atom stereocenters. The SMILES string of the molecule is Cc1cccc(NC(=O)COC(=O)c2cccc(S(=O)(=O)N(C)C(C)C)c2)c1C. The molecule has 0 aliphatic rings. The van der Waals surface area contributed by atoms with Crippen LogP contribution in [-0.4, -0.2) is 44.3 Å². The highest BCUT2D eigenvalue weighted by molar-refractivity contribution is 7.89. The van der Waals surface area contributed by atoms with Crippen LogP contribution in [0, 0.1) is 13.8 Å². The van der Waals surface area contributed by atoms with Gasteiger partial charge in [-0.05, 0) is 63.1 Å². The quantitative estimate of drug-likeness (QED) is 0.698. The third-order valence-corrected chi connectivity index (χ3v) is 6.72. The van der Waals surface area contributed by atoms with E-state index < -0.39 is 28.5 Å².